The van der Waals surface area contributed by atoms with Crippen LogP contribution < -0.4 is 4.90 Å². The molecule has 0 unspecified atom stereocenters. The molecule has 0 aliphatic carbocycles. The van der Waals surface area contributed by atoms with Gasteiger partial charge in [0, 0.05) is 25.9 Å². The Morgan fingerprint density at radius 2 is 2.00 bits per heavy atom. The van der Waals surface area contributed by atoms with Gasteiger partial charge in [0.1, 0.15) is 0 Å². The van der Waals surface area contributed by atoms with E-state index in [1.807, 2.05) is 17.0 Å². The fourth-order valence-electron chi connectivity index (χ4n) is 3.36. The number of piperidine rings is 1. The van der Waals surface area contributed by atoms with Crippen molar-refractivity contribution in [1.29, 1.82) is 0 Å². The third-order valence-electron chi connectivity index (χ3n) is 4.58. The minimum absolute atomic E-state index is 0.142. The maximum atomic E-state index is 10.6. The second-order valence-corrected chi connectivity index (χ2v) is 6.13. The number of β-amino-alcohol motifs (C(OH)–C–C–N with tert-alkyl or cyclic N) is 1. The molecule has 1 aliphatic rings. The van der Waals surface area contributed by atoms with Crippen LogP contribution in [0.3, 0.4) is 0 Å². The number of aliphatic hydroxyl groups excluding tert-OH is 1. The molecule has 4 rings (SSSR count). The Balaban J connectivity index is 1.56. The van der Waals surface area contributed by atoms with E-state index in [1.54, 1.807) is 6.92 Å². The van der Waals surface area contributed by atoms with Gasteiger partial charge in [-0.1, -0.05) is 42.5 Å². The summed E-state index contributed by atoms with van der Waals surface area (Å²) >= 11 is 0. The van der Waals surface area contributed by atoms with Gasteiger partial charge >= 0.3 is 0 Å². The lowest BCUT2D eigenvalue weighted by atomic mass is 9.86. The number of rotatable bonds is 2. The average Bonchev–Trinajstić information content (AvgIpc) is 3.01. The van der Waals surface area contributed by atoms with E-state index in [4.69, 9.17) is 4.52 Å². The first-order chi connectivity index (χ1) is 11.2. The molecule has 0 amide bonds. The van der Waals surface area contributed by atoms with E-state index < -0.39 is 6.10 Å². The molecule has 1 aliphatic heterocycles. The summed E-state index contributed by atoms with van der Waals surface area (Å²) in [6, 6.07) is 14.8. The zero-order chi connectivity index (χ0) is 15.8. The number of benzene rings is 2. The van der Waals surface area contributed by atoms with Crippen LogP contribution in [-0.2, 0) is 0 Å². The molecule has 0 saturated carbocycles. The fourth-order valence-corrected chi connectivity index (χ4v) is 3.36. The molecule has 2 aromatic carbocycles. The van der Waals surface area contributed by atoms with Gasteiger partial charge in [-0.05, 0) is 27.9 Å². The first-order valence-electron chi connectivity index (χ1n) is 7.93. The molecule has 2 heterocycles. The van der Waals surface area contributed by atoms with Crippen LogP contribution in [-0.4, -0.2) is 34.4 Å². The zero-order valence-corrected chi connectivity index (χ0v) is 13.0. The number of aryl methyl sites for hydroxylation is 1. The van der Waals surface area contributed by atoms with Crippen molar-refractivity contribution in [2.75, 3.05) is 18.0 Å². The smallest absolute Gasteiger partial charge is 0.266 e. The van der Waals surface area contributed by atoms with Gasteiger partial charge in [0.05, 0.1) is 6.10 Å². The Bertz CT molecular complexity index is 830. The molecule has 0 bridgehead atoms. The lowest BCUT2D eigenvalue weighted by molar-refractivity contribution is 0.129. The monoisotopic (exact) mass is 309 g/mol. The predicted molar refractivity (Wildman–Crippen MR) is 88.6 cm³/mol. The summed E-state index contributed by atoms with van der Waals surface area (Å²) in [6.07, 6.45) is 0.427. The highest BCUT2D eigenvalue weighted by Crippen LogP contribution is 2.31. The summed E-state index contributed by atoms with van der Waals surface area (Å²) in [5, 5.41) is 17.0. The molecule has 5 nitrogen and oxygen atoms in total. The highest BCUT2D eigenvalue weighted by atomic mass is 16.5. The first-order valence-corrected chi connectivity index (χ1v) is 7.93. The van der Waals surface area contributed by atoms with E-state index in [0.29, 0.717) is 18.4 Å². The van der Waals surface area contributed by atoms with Gasteiger partial charge in [0.2, 0.25) is 5.89 Å². The number of hydrogen-bond donors (Lipinski definition) is 1. The summed E-state index contributed by atoms with van der Waals surface area (Å²) in [6.45, 7) is 3.11. The molecule has 1 N–H and O–H groups in total. The van der Waals surface area contributed by atoms with Gasteiger partial charge < -0.3 is 14.5 Å². The molecule has 2 atom stereocenters. The maximum Gasteiger partial charge on any atom is 0.266 e. The van der Waals surface area contributed by atoms with Crippen LogP contribution in [0.2, 0.25) is 0 Å². The van der Waals surface area contributed by atoms with Crippen molar-refractivity contribution in [2.24, 2.45) is 0 Å². The molecule has 23 heavy (non-hydrogen) atoms. The fraction of sp³-hybridized carbons (Fsp3) is 0.333. The summed E-state index contributed by atoms with van der Waals surface area (Å²) in [5.41, 5.74) is 1.19. The van der Waals surface area contributed by atoms with Crippen molar-refractivity contribution in [2.45, 2.75) is 25.4 Å². The number of aliphatic hydroxyl groups is 1. The highest BCUT2D eigenvalue weighted by Gasteiger charge is 2.30. The van der Waals surface area contributed by atoms with Crippen LogP contribution in [0.25, 0.3) is 10.8 Å². The van der Waals surface area contributed by atoms with Gasteiger partial charge in [-0.25, -0.2) is 0 Å². The molecule has 1 fully saturated rings. The van der Waals surface area contributed by atoms with Crippen molar-refractivity contribution in [3.8, 4) is 0 Å². The quantitative estimate of drug-likeness (QED) is 0.788. The molecular formula is C18H19N3O2. The van der Waals surface area contributed by atoms with E-state index in [9.17, 15) is 5.11 Å². The van der Waals surface area contributed by atoms with Crippen molar-refractivity contribution in [3.05, 3.63) is 53.9 Å². The van der Waals surface area contributed by atoms with Crippen LogP contribution in [0.15, 0.2) is 47.0 Å². The third kappa shape index (κ3) is 2.68. The first kappa shape index (κ1) is 14.2. The summed E-state index contributed by atoms with van der Waals surface area (Å²) in [7, 11) is 0. The van der Waals surface area contributed by atoms with Gasteiger partial charge in [-0.15, -0.1) is 0 Å². The number of anilines is 1. The van der Waals surface area contributed by atoms with Crippen molar-refractivity contribution in [3.63, 3.8) is 0 Å². The van der Waals surface area contributed by atoms with Crippen LogP contribution in [0.4, 0.5) is 5.95 Å². The molecule has 1 aromatic heterocycles. The summed E-state index contributed by atoms with van der Waals surface area (Å²) in [4.78, 5) is 6.23. The lowest BCUT2D eigenvalue weighted by Crippen LogP contribution is -2.43. The Labute approximate surface area is 134 Å². The van der Waals surface area contributed by atoms with Crippen LogP contribution in [0, 0.1) is 6.92 Å². The molecule has 0 radical (unpaired) electrons. The molecule has 118 valence electrons. The third-order valence-corrected chi connectivity index (χ3v) is 4.58. The minimum atomic E-state index is -0.441. The maximum absolute atomic E-state index is 10.6. The second kappa shape index (κ2) is 5.66. The van der Waals surface area contributed by atoms with Gasteiger partial charge in [-0.2, -0.15) is 4.98 Å². The zero-order valence-electron chi connectivity index (χ0n) is 13.0. The molecule has 1 saturated heterocycles. The summed E-state index contributed by atoms with van der Waals surface area (Å²) < 4.78 is 5.03. The Hall–Kier alpha value is -2.40. The normalized spacial score (nSPS) is 21.7. The van der Waals surface area contributed by atoms with E-state index >= 15 is 0 Å². The van der Waals surface area contributed by atoms with Crippen LogP contribution >= 0.6 is 0 Å². The minimum Gasteiger partial charge on any atom is -0.391 e. The average molecular weight is 309 g/mol. The standard InChI is InChI=1S/C18H19N3O2/c1-12-19-18(20-23-12)21-9-8-16(17(22)11-21)15-7-6-13-4-2-3-5-14(13)10-15/h2-7,10,16-17,22H,8-9,11H2,1H3/t16-,17+/m0/s1. The van der Waals surface area contributed by atoms with Crippen molar-refractivity contribution < 1.29 is 9.63 Å². The highest BCUT2D eigenvalue weighted by molar-refractivity contribution is 5.83. The summed E-state index contributed by atoms with van der Waals surface area (Å²) in [5.74, 6) is 1.26. The van der Waals surface area contributed by atoms with Gasteiger partial charge in [0.25, 0.3) is 5.95 Å². The molecule has 5 heteroatoms. The molecule has 0 spiro atoms. The van der Waals surface area contributed by atoms with Gasteiger partial charge in [0.15, 0.2) is 0 Å². The topological polar surface area (TPSA) is 62.4 Å². The van der Waals surface area contributed by atoms with Crippen molar-refractivity contribution >= 4 is 16.7 Å². The predicted octanol–water partition coefficient (Wildman–Crippen LogP) is 2.89. The second-order valence-electron chi connectivity index (χ2n) is 6.13. The number of hydrogen-bond acceptors (Lipinski definition) is 5. The van der Waals surface area contributed by atoms with E-state index in [2.05, 4.69) is 40.5 Å². The Morgan fingerprint density at radius 3 is 2.74 bits per heavy atom. The number of fused-ring (bicyclic) bond motifs is 1. The number of aromatic nitrogens is 2. The van der Waals surface area contributed by atoms with Crippen LogP contribution in [0.5, 0.6) is 0 Å². The molecule has 3 aromatic rings. The Kier molecular flexibility index (Phi) is 3.50. The van der Waals surface area contributed by atoms with E-state index in [-0.39, 0.29) is 5.92 Å². The molecular weight excluding hydrogens is 290 g/mol. The van der Waals surface area contributed by atoms with Gasteiger partial charge in [-0.3, -0.25) is 0 Å². The number of nitrogens with zero attached hydrogens (tertiary/aromatic N) is 3. The van der Waals surface area contributed by atoms with E-state index in [1.165, 1.54) is 16.3 Å². The van der Waals surface area contributed by atoms with Crippen LogP contribution in [0.1, 0.15) is 23.8 Å². The van der Waals surface area contributed by atoms with E-state index in [0.717, 1.165) is 13.0 Å². The SMILES string of the molecule is Cc1nc(N2CC[C@@H](c3ccc4ccccc4c3)[C@H](O)C2)no1. The Morgan fingerprint density at radius 1 is 1.17 bits per heavy atom. The largest absolute Gasteiger partial charge is 0.391 e. The van der Waals surface area contributed by atoms with Crippen molar-refractivity contribution in [1.82, 2.24) is 10.1 Å². The lowest BCUT2D eigenvalue weighted by Gasteiger charge is -2.35.